The van der Waals surface area contributed by atoms with E-state index in [2.05, 4.69) is 0 Å². The van der Waals surface area contributed by atoms with Crippen molar-refractivity contribution in [2.24, 2.45) is 17.6 Å². The molecule has 1 saturated heterocycles. The van der Waals surface area contributed by atoms with Crippen molar-refractivity contribution in [1.29, 1.82) is 0 Å². The van der Waals surface area contributed by atoms with Crippen molar-refractivity contribution in [2.45, 2.75) is 32.7 Å². The molecule has 16 heavy (non-hydrogen) atoms. The van der Waals surface area contributed by atoms with Gasteiger partial charge in [-0.05, 0) is 6.42 Å². The van der Waals surface area contributed by atoms with Crippen LogP contribution >= 0.6 is 0 Å². The van der Waals surface area contributed by atoms with Crippen molar-refractivity contribution >= 4 is 11.9 Å². The van der Waals surface area contributed by atoms with E-state index in [-0.39, 0.29) is 17.7 Å². The van der Waals surface area contributed by atoms with Crippen LogP contribution in [0, 0.1) is 11.8 Å². The molecule has 3 N–H and O–H groups in total. The minimum atomic E-state index is -0.796. The fraction of sp³-hybridized carbons (Fsp3) is 0.818. The summed E-state index contributed by atoms with van der Waals surface area (Å²) in [4.78, 5) is 24.1. The summed E-state index contributed by atoms with van der Waals surface area (Å²) in [5, 5.41) is 8.81. The number of nitrogens with two attached hydrogens (primary N) is 1. The molecule has 0 aromatic rings. The highest BCUT2D eigenvalue weighted by Gasteiger charge is 2.38. The second-order valence-electron chi connectivity index (χ2n) is 4.53. The van der Waals surface area contributed by atoms with Crippen LogP contribution in [0.4, 0.5) is 0 Å². The third-order valence-electron chi connectivity index (χ3n) is 3.23. The standard InChI is InChI=1S/C11H20N2O3/c1-3-4-9(12)10(14)13-5-8(6-13)7(2)11(15)16/h7-9H,3-6,12H2,1-2H3,(H,15,16)/t7?,9-/m0/s1. The number of hydrogen-bond donors (Lipinski definition) is 2. The molecule has 0 radical (unpaired) electrons. The number of amides is 1. The summed E-state index contributed by atoms with van der Waals surface area (Å²) < 4.78 is 0. The molecular formula is C11H20N2O3. The number of hydrogen-bond acceptors (Lipinski definition) is 3. The van der Waals surface area contributed by atoms with Crippen LogP contribution in [0.2, 0.25) is 0 Å². The lowest BCUT2D eigenvalue weighted by molar-refractivity contribution is -0.151. The maximum atomic E-state index is 11.7. The number of carbonyl (C=O) groups excluding carboxylic acids is 1. The van der Waals surface area contributed by atoms with Crippen LogP contribution in [-0.4, -0.2) is 41.0 Å². The molecule has 1 aliphatic rings. The van der Waals surface area contributed by atoms with E-state index in [9.17, 15) is 9.59 Å². The largest absolute Gasteiger partial charge is 0.481 e. The van der Waals surface area contributed by atoms with Gasteiger partial charge in [-0.25, -0.2) is 0 Å². The maximum absolute atomic E-state index is 11.7. The second-order valence-corrected chi connectivity index (χ2v) is 4.53. The average molecular weight is 228 g/mol. The Labute approximate surface area is 95.6 Å². The zero-order valence-electron chi connectivity index (χ0n) is 9.85. The summed E-state index contributed by atoms with van der Waals surface area (Å²) in [6.45, 7) is 4.73. The Hall–Kier alpha value is -1.10. The molecule has 1 fully saturated rings. The van der Waals surface area contributed by atoms with Crippen LogP contribution in [0.15, 0.2) is 0 Å². The lowest BCUT2D eigenvalue weighted by Gasteiger charge is -2.42. The van der Waals surface area contributed by atoms with Crippen molar-refractivity contribution in [2.75, 3.05) is 13.1 Å². The molecule has 0 aromatic carbocycles. The first-order valence-corrected chi connectivity index (χ1v) is 5.74. The van der Waals surface area contributed by atoms with Gasteiger partial charge in [-0.15, -0.1) is 0 Å². The first kappa shape index (κ1) is 13.0. The Morgan fingerprint density at radius 3 is 2.50 bits per heavy atom. The highest BCUT2D eigenvalue weighted by Crippen LogP contribution is 2.24. The second kappa shape index (κ2) is 5.30. The van der Waals surface area contributed by atoms with Crippen molar-refractivity contribution < 1.29 is 14.7 Å². The molecule has 0 spiro atoms. The number of nitrogens with zero attached hydrogens (tertiary/aromatic N) is 1. The molecule has 1 amide bonds. The highest BCUT2D eigenvalue weighted by atomic mass is 16.4. The van der Waals surface area contributed by atoms with Gasteiger partial charge in [0, 0.05) is 19.0 Å². The summed E-state index contributed by atoms with van der Waals surface area (Å²) in [6, 6.07) is -0.425. The van der Waals surface area contributed by atoms with Gasteiger partial charge in [-0.3, -0.25) is 9.59 Å². The molecule has 5 heteroatoms. The number of likely N-dealkylation sites (tertiary alicyclic amines) is 1. The zero-order chi connectivity index (χ0) is 12.3. The number of carboxylic acids is 1. The number of rotatable bonds is 5. The predicted molar refractivity (Wildman–Crippen MR) is 59.8 cm³/mol. The number of carboxylic acid groups (broad SMARTS) is 1. The summed E-state index contributed by atoms with van der Waals surface area (Å²) in [6.07, 6.45) is 1.57. The van der Waals surface area contributed by atoms with Crippen molar-refractivity contribution in [3.63, 3.8) is 0 Å². The van der Waals surface area contributed by atoms with Gasteiger partial charge in [-0.1, -0.05) is 20.3 Å². The molecule has 0 bridgehead atoms. The normalized spacial score (nSPS) is 20.1. The Morgan fingerprint density at radius 2 is 2.06 bits per heavy atom. The van der Waals surface area contributed by atoms with E-state index in [4.69, 9.17) is 10.8 Å². The smallest absolute Gasteiger partial charge is 0.306 e. The molecule has 1 aliphatic heterocycles. The molecule has 0 saturated carbocycles. The van der Waals surface area contributed by atoms with Crippen LogP contribution in [0.3, 0.4) is 0 Å². The van der Waals surface area contributed by atoms with E-state index < -0.39 is 12.0 Å². The Kier molecular flexibility index (Phi) is 4.29. The van der Waals surface area contributed by atoms with Gasteiger partial charge < -0.3 is 15.7 Å². The molecule has 1 rings (SSSR count). The number of aliphatic carboxylic acids is 1. The van der Waals surface area contributed by atoms with Gasteiger partial charge in [0.1, 0.15) is 0 Å². The van der Waals surface area contributed by atoms with E-state index in [1.807, 2.05) is 6.92 Å². The summed E-state index contributed by atoms with van der Waals surface area (Å²) in [7, 11) is 0. The van der Waals surface area contributed by atoms with Gasteiger partial charge in [0.25, 0.3) is 0 Å². The van der Waals surface area contributed by atoms with Crippen LogP contribution in [-0.2, 0) is 9.59 Å². The maximum Gasteiger partial charge on any atom is 0.306 e. The van der Waals surface area contributed by atoms with E-state index in [1.165, 1.54) is 0 Å². The Balaban J connectivity index is 2.35. The van der Waals surface area contributed by atoms with Crippen LogP contribution in [0.5, 0.6) is 0 Å². The fourth-order valence-corrected chi connectivity index (χ4v) is 1.88. The highest BCUT2D eigenvalue weighted by molar-refractivity contribution is 5.82. The van der Waals surface area contributed by atoms with Gasteiger partial charge in [0.05, 0.1) is 12.0 Å². The first-order chi connectivity index (χ1) is 7.47. The van der Waals surface area contributed by atoms with Crippen molar-refractivity contribution in [3.05, 3.63) is 0 Å². The molecule has 92 valence electrons. The van der Waals surface area contributed by atoms with Crippen molar-refractivity contribution in [3.8, 4) is 0 Å². The lowest BCUT2D eigenvalue weighted by Crippen LogP contribution is -2.57. The molecule has 5 nitrogen and oxygen atoms in total. The monoisotopic (exact) mass is 228 g/mol. The van der Waals surface area contributed by atoms with Gasteiger partial charge in [0.2, 0.25) is 5.91 Å². The summed E-state index contributed by atoms with van der Waals surface area (Å²) >= 11 is 0. The molecule has 2 atom stereocenters. The minimum Gasteiger partial charge on any atom is -0.481 e. The zero-order valence-corrected chi connectivity index (χ0v) is 9.85. The van der Waals surface area contributed by atoms with Gasteiger partial charge in [-0.2, -0.15) is 0 Å². The molecule has 1 heterocycles. The first-order valence-electron chi connectivity index (χ1n) is 5.74. The SMILES string of the molecule is CCC[C@H](N)C(=O)N1CC(C(C)C(=O)O)C1. The molecular weight excluding hydrogens is 208 g/mol. The van der Waals surface area contributed by atoms with Gasteiger partial charge in [0.15, 0.2) is 0 Å². The van der Waals surface area contributed by atoms with Crippen LogP contribution in [0.25, 0.3) is 0 Å². The summed E-state index contributed by atoms with van der Waals surface area (Å²) in [5.74, 6) is -1.15. The topological polar surface area (TPSA) is 83.6 Å². The van der Waals surface area contributed by atoms with E-state index in [0.717, 1.165) is 6.42 Å². The number of carbonyl (C=O) groups is 2. The summed E-state index contributed by atoms with van der Waals surface area (Å²) in [5.41, 5.74) is 5.71. The van der Waals surface area contributed by atoms with E-state index in [0.29, 0.717) is 19.5 Å². The van der Waals surface area contributed by atoms with Crippen LogP contribution in [0.1, 0.15) is 26.7 Å². The van der Waals surface area contributed by atoms with E-state index in [1.54, 1.807) is 11.8 Å². The van der Waals surface area contributed by atoms with Gasteiger partial charge >= 0.3 is 5.97 Å². The fourth-order valence-electron chi connectivity index (χ4n) is 1.88. The molecule has 0 aromatic heterocycles. The predicted octanol–water partition coefficient (Wildman–Crippen LogP) is 0.293. The molecule has 1 unspecified atom stereocenters. The Morgan fingerprint density at radius 1 is 1.50 bits per heavy atom. The van der Waals surface area contributed by atoms with Crippen LogP contribution < -0.4 is 5.73 Å². The van der Waals surface area contributed by atoms with Crippen molar-refractivity contribution in [1.82, 2.24) is 4.90 Å². The quantitative estimate of drug-likeness (QED) is 0.708. The molecule has 0 aliphatic carbocycles. The Bertz CT molecular complexity index is 274. The lowest BCUT2D eigenvalue weighted by atomic mass is 9.86. The third kappa shape index (κ3) is 2.72. The third-order valence-corrected chi connectivity index (χ3v) is 3.23. The average Bonchev–Trinajstić information content (AvgIpc) is 2.15. The van der Waals surface area contributed by atoms with E-state index >= 15 is 0 Å². The minimum absolute atomic E-state index is 0.0457.